The van der Waals surface area contributed by atoms with Gasteiger partial charge in [0.1, 0.15) is 12.4 Å². The van der Waals surface area contributed by atoms with Gasteiger partial charge >= 0.3 is 6.09 Å². The van der Waals surface area contributed by atoms with Crippen LogP contribution in [0, 0.1) is 0 Å². The number of carboxylic acid groups (broad SMARTS) is 1. The van der Waals surface area contributed by atoms with Crippen LogP contribution in [0.1, 0.15) is 11.1 Å². The highest BCUT2D eigenvalue weighted by Gasteiger charge is 2.33. The van der Waals surface area contributed by atoms with Gasteiger partial charge in [-0.25, -0.2) is 4.79 Å². The Bertz CT molecular complexity index is 628. The molecule has 0 spiro atoms. The first-order chi connectivity index (χ1) is 11.0. The third-order valence-electron chi connectivity index (χ3n) is 4.28. The molecule has 2 aliphatic rings. The molecule has 0 aromatic heterocycles. The maximum atomic E-state index is 11.2. The van der Waals surface area contributed by atoms with Crippen molar-refractivity contribution in [1.29, 1.82) is 0 Å². The Morgan fingerprint density at radius 3 is 3.04 bits per heavy atom. The average Bonchev–Trinajstić information content (AvgIpc) is 2.71. The van der Waals surface area contributed by atoms with E-state index in [0.29, 0.717) is 50.2 Å². The molecule has 0 radical (unpaired) electrons. The minimum atomic E-state index is -0.880. The molecule has 2 aliphatic heterocycles. The summed E-state index contributed by atoms with van der Waals surface area (Å²) >= 11 is 9.95. The third-order valence-corrected chi connectivity index (χ3v) is 5.78. The lowest BCUT2D eigenvalue weighted by Gasteiger charge is -2.38. The predicted octanol–water partition coefficient (Wildman–Crippen LogP) is 2.81. The van der Waals surface area contributed by atoms with E-state index in [2.05, 4.69) is 20.8 Å². The molecule has 1 aromatic carbocycles. The highest BCUT2D eigenvalue weighted by Crippen LogP contribution is 2.40. The second-order valence-corrected chi connectivity index (χ2v) is 6.92. The van der Waals surface area contributed by atoms with Crippen LogP contribution in [0.2, 0.25) is 5.02 Å². The lowest BCUT2D eigenvalue weighted by Crippen LogP contribution is -2.55. The number of amides is 1. The number of hydrogen-bond donors (Lipinski definition) is 1. The number of benzene rings is 1. The number of fused-ring (bicyclic) bond motifs is 2. The van der Waals surface area contributed by atoms with Crippen LogP contribution in [0.3, 0.4) is 0 Å². The largest absolute Gasteiger partial charge is 0.490 e. The number of carbonyl (C=O) groups is 1. The Balaban J connectivity index is 1.88. The number of methoxy groups -OCH3 is 1. The predicted molar refractivity (Wildman–Crippen MR) is 89.2 cm³/mol. The highest BCUT2D eigenvalue weighted by atomic mass is 79.9. The van der Waals surface area contributed by atoms with Crippen LogP contribution >= 0.6 is 27.5 Å². The van der Waals surface area contributed by atoms with Crippen LogP contribution in [0.25, 0.3) is 0 Å². The molecule has 1 saturated heterocycles. The molecule has 3 rings (SSSR count). The molecule has 0 bridgehead atoms. The first-order valence-corrected chi connectivity index (χ1v) is 8.51. The molecule has 23 heavy (non-hydrogen) atoms. The molecule has 2 heterocycles. The van der Waals surface area contributed by atoms with Crippen LogP contribution in [0.4, 0.5) is 4.79 Å². The molecule has 0 unspecified atom stereocenters. The van der Waals surface area contributed by atoms with E-state index in [1.54, 1.807) is 7.11 Å². The van der Waals surface area contributed by atoms with E-state index < -0.39 is 6.09 Å². The molecule has 0 aliphatic carbocycles. The average molecular weight is 406 g/mol. The van der Waals surface area contributed by atoms with Crippen molar-refractivity contribution in [3.05, 3.63) is 26.7 Å². The summed E-state index contributed by atoms with van der Waals surface area (Å²) in [5, 5.41) is 9.72. The Labute approximate surface area is 148 Å². The highest BCUT2D eigenvalue weighted by molar-refractivity contribution is 9.10. The summed E-state index contributed by atoms with van der Waals surface area (Å²) in [6, 6.07) is 2.08. The van der Waals surface area contributed by atoms with Crippen LogP contribution < -0.4 is 4.74 Å². The first-order valence-electron chi connectivity index (χ1n) is 7.34. The zero-order chi connectivity index (χ0) is 16.6. The lowest BCUT2D eigenvalue weighted by atomic mass is 10.1. The minimum Gasteiger partial charge on any atom is -0.490 e. The SMILES string of the molecule is COCc1cc2c(c(Cl)c1Br)OC[C@H]1CN(C(=O)O)CCN1C2. The van der Waals surface area contributed by atoms with Crippen molar-refractivity contribution in [2.75, 3.05) is 33.4 Å². The van der Waals surface area contributed by atoms with Gasteiger partial charge in [-0.2, -0.15) is 0 Å². The van der Waals surface area contributed by atoms with Gasteiger partial charge < -0.3 is 19.5 Å². The second kappa shape index (κ2) is 6.84. The van der Waals surface area contributed by atoms with Gasteiger partial charge in [0.25, 0.3) is 0 Å². The van der Waals surface area contributed by atoms with Crippen molar-refractivity contribution in [3.8, 4) is 5.75 Å². The minimum absolute atomic E-state index is 0.0352. The molecule has 8 heteroatoms. The van der Waals surface area contributed by atoms with E-state index in [1.807, 2.05) is 6.07 Å². The van der Waals surface area contributed by atoms with Gasteiger partial charge in [0, 0.05) is 43.3 Å². The Hall–Kier alpha value is -1.02. The van der Waals surface area contributed by atoms with Gasteiger partial charge in [-0.3, -0.25) is 4.90 Å². The Morgan fingerprint density at radius 2 is 2.35 bits per heavy atom. The molecule has 6 nitrogen and oxygen atoms in total. The molecule has 0 saturated carbocycles. The van der Waals surface area contributed by atoms with Crippen LogP contribution in [0.15, 0.2) is 10.5 Å². The van der Waals surface area contributed by atoms with E-state index >= 15 is 0 Å². The van der Waals surface area contributed by atoms with Crippen molar-refractivity contribution < 1.29 is 19.4 Å². The number of rotatable bonds is 2. The summed E-state index contributed by atoms with van der Waals surface area (Å²) in [6.45, 7) is 3.23. The summed E-state index contributed by atoms with van der Waals surface area (Å²) in [7, 11) is 1.64. The molecular weight excluding hydrogens is 388 g/mol. The number of nitrogens with zero attached hydrogens (tertiary/aromatic N) is 2. The molecule has 1 atom stereocenters. The zero-order valence-corrected chi connectivity index (χ0v) is 15.1. The molecular formula is C15H18BrClN2O4. The Morgan fingerprint density at radius 1 is 1.57 bits per heavy atom. The van der Waals surface area contributed by atoms with Gasteiger partial charge in [-0.05, 0) is 27.6 Å². The summed E-state index contributed by atoms with van der Waals surface area (Å²) in [5.41, 5.74) is 1.99. The van der Waals surface area contributed by atoms with Gasteiger partial charge in [0.2, 0.25) is 0 Å². The molecule has 1 amide bonds. The maximum absolute atomic E-state index is 11.2. The van der Waals surface area contributed by atoms with E-state index in [-0.39, 0.29) is 6.04 Å². The fraction of sp³-hybridized carbons (Fsp3) is 0.533. The summed E-state index contributed by atoms with van der Waals surface area (Å²) in [6.07, 6.45) is -0.880. The number of ether oxygens (including phenoxy) is 2. The third kappa shape index (κ3) is 3.28. The van der Waals surface area contributed by atoms with Crippen LogP contribution in [-0.2, 0) is 17.9 Å². The van der Waals surface area contributed by atoms with E-state index in [1.165, 1.54) is 4.90 Å². The van der Waals surface area contributed by atoms with E-state index in [0.717, 1.165) is 15.6 Å². The van der Waals surface area contributed by atoms with Crippen molar-refractivity contribution in [1.82, 2.24) is 9.80 Å². The van der Waals surface area contributed by atoms with Crippen molar-refractivity contribution in [2.24, 2.45) is 0 Å². The standard InChI is InChI=1S/C15H18BrClN2O4/c1-22-7-10-4-9-5-18-2-3-19(15(20)21)6-11(18)8-23-14(9)13(17)12(10)16/h4,11H,2-3,5-8H2,1H3,(H,20,21)/t11-/m1/s1. The summed E-state index contributed by atoms with van der Waals surface area (Å²) in [5.74, 6) is 0.676. The summed E-state index contributed by atoms with van der Waals surface area (Å²) in [4.78, 5) is 14.9. The van der Waals surface area contributed by atoms with E-state index in [9.17, 15) is 9.90 Å². The number of halogens is 2. The summed E-state index contributed by atoms with van der Waals surface area (Å²) < 4.78 is 11.9. The smallest absolute Gasteiger partial charge is 0.407 e. The van der Waals surface area contributed by atoms with Crippen LogP contribution in [-0.4, -0.2) is 60.4 Å². The van der Waals surface area contributed by atoms with Crippen LogP contribution in [0.5, 0.6) is 5.75 Å². The van der Waals surface area contributed by atoms with Gasteiger partial charge in [0.15, 0.2) is 0 Å². The number of hydrogen-bond acceptors (Lipinski definition) is 4. The van der Waals surface area contributed by atoms with Gasteiger partial charge in [-0.15, -0.1) is 0 Å². The van der Waals surface area contributed by atoms with Gasteiger partial charge in [0.05, 0.1) is 17.7 Å². The molecule has 1 aromatic rings. The van der Waals surface area contributed by atoms with Crippen molar-refractivity contribution in [2.45, 2.75) is 19.2 Å². The number of piperazine rings is 1. The fourth-order valence-electron chi connectivity index (χ4n) is 3.09. The maximum Gasteiger partial charge on any atom is 0.407 e. The topological polar surface area (TPSA) is 62.2 Å². The Kier molecular flexibility index (Phi) is 5.01. The second-order valence-electron chi connectivity index (χ2n) is 5.75. The lowest BCUT2D eigenvalue weighted by molar-refractivity contribution is 0.0503. The monoisotopic (exact) mass is 404 g/mol. The molecule has 126 valence electrons. The van der Waals surface area contributed by atoms with E-state index in [4.69, 9.17) is 21.1 Å². The zero-order valence-electron chi connectivity index (χ0n) is 12.7. The normalized spacial score (nSPS) is 21.2. The van der Waals surface area contributed by atoms with Crippen molar-refractivity contribution >= 4 is 33.6 Å². The van der Waals surface area contributed by atoms with Gasteiger partial charge in [-0.1, -0.05) is 11.6 Å². The molecule has 1 fully saturated rings. The molecule has 1 N–H and O–H groups in total. The quantitative estimate of drug-likeness (QED) is 0.820. The fourth-order valence-corrected chi connectivity index (χ4v) is 3.79. The van der Waals surface area contributed by atoms with Crippen molar-refractivity contribution in [3.63, 3.8) is 0 Å². The first kappa shape index (κ1) is 16.8.